The number of hydrogen-bond donors (Lipinski definition) is 0. The first kappa shape index (κ1) is 23.5. The van der Waals surface area contributed by atoms with Crippen molar-refractivity contribution in [1.29, 1.82) is 0 Å². The molecule has 1 saturated heterocycles. The fourth-order valence-corrected chi connectivity index (χ4v) is 5.56. The Morgan fingerprint density at radius 1 is 0.818 bits per heavy atom. The Bertz CT molecular complexity index is 1160. The number of halogens is 1. The SMILES string of the molecule is O=C(CN(c1ccc(Br)cc1)S(=O)(=O)c1ccccc1)N1CCN(Cc2ccccc2)CC1. The predicted octanol–water partition coefficient (Wildman–Crippen LogP) is 3.99. The first-order chi connectivity index (χ1) is 15.9. The molecule has 0 saturated carbocycles. The maximum atomic E-state index is 13.4. The van der Waals surface area contributed by atoms with Gasteiger partial charge in [0.25, 0.3) is 10.0 Å². The summed E-state index contributed by atoms with van der Waals surface area (Å²) in [4.78, 5) is 17.4. The number of anilines is 1. The number of hydrogen-bond acceptors (Lipinski definition) is 4. The van der Waals surface area contributed by atoms with E-state index in [4.69, 9.17) is 0 Å². The fourth-order valence-electron chi connectivity index (χ4n) is 3.86. The van der Waals surface area contributed by atoms with Gasteiger partial charge in [-0.3, -0.25) is 14.0 Å². The number of piperazine rings is 1. The summed E-state index contributed by atoms with van der Waals surface area (Å²) in [5, 5.41) is 0. The van der Waals surface area contributed by atoms with E-state index in [1.54, 1.807) is 59.5 Å². The first-order valence-corrected chi connectivity index (χ1v) is 13.0. The molecule has 0 aliphatic carbocycles. The van der Waals surface area contributed by atoms with Gasteiger partial charge in [-0.25, -0.2) is 8.42 Å². The van der Waals surface area contributed by atoms with E-state index in [0.29, 0.717) is 18.8 Å². The Labute approximate surface area is 203 Å². The van der Waals surface area contributed by atoms with Crippen molar-refractivity contribution < 1.29 is 13.2 Å². The van der Waals surface area contributed by atoms with Gasteiger partial charge in [0.1, 0.15) is 6.54 Å². The van der Waals surface area contributed by atoms with Crippen LogP contribution in [0.2, 0.25) is 0 Å². The van der Waals surface area contributed by atoms with Crippen molar-refractivity contribution >= 4 is 37.5 Å². The number of sulfonamides is 1. The van der Waals surface area contributed by atoms with Crippen LogP contribution in [0.25, 0.3) is 0 Å². The number of carbonyl (C=O) groups excluding carboxylic acids is 1. The topological polar surface area (TPSA) is 60.9 Å². The summed E-state index contributed by atoms with van der Waals surface area (Å²) in [5.74, 6) is -0.197. The van der Waals surface area contributed by atoms with Gasteiger partial charge < -0.3 is 4.90 Å². The highest BCUT2D eigenvalue weighted by Crippen LogP contribution is 2.25. The second-order valence-corrected chi connectivity index (χ2v) is 10.7. The quantitative estimate of drug-likeness (QED) is 0.466. The fraction of sp³-hybridized carbons (Fsp3) is 0.240. The molecular weight excluding hydrogens is 502 g/mol. The predicted molar refractivity (Wildman–Crippen MR) is 133 cm³/mol. The van der Waals surface area contributed by atoms with Gasteiger partial charge in [-0.05, 0) is 42.0 Å². The summed E-state index contributed by atoms with van der Waals surface area (Å²) in [6, 6.07) is 25.4. The number of nitrogens with zero attached hydrogens (tertiary/aromatic N) is 3. The molecule has 1 amide bonds. The maximum Gasteiger partial charge on any atom is 0.264 e. The molecule has 172 valence electrons. The second kappa shape index (κ2) is 10.5. The van der Waals surface area contributed by atoms with Gasteiger partial charge in [0, 0.05) is 37.2 Å². The van der Waals surface area contributed by atoms with Crippen molar-refractivity contribution in [3.8, 4) is 0 Å². The van der Waals surface area contributed by atoms with Crippen molar-refractivity contribution in [1.82, 2.24) is 9.80 Å². The van der Waals surface area contributed by atoms with Gasteiger partial charge in [-0.15, -0.1) is 0 Å². The molecule has 0 unspecified atom stereocenters. The second-order valence-electron chi connectivity index (χ2n) is 7.94. The number of carbonyl (C=O) groups is 1. The molecule has 1 aliphatic heterocycles. The number of amides is 1. The summed E-state index contributed by atoms with van der Waals surface area (Å²) in [6.07, 6.45) is 0. The molecule has 0 N–H and O–H groups in total. The molecule has 0 spiro atoms. The van der Waals surface area contributed by atoms with Crippen LogP contribution in [0.15, 0.2) is 94.3 Å². The van der Waals surface area contributed by atoms with Crippen molar-refractivity contribution in [2.75, 3.05) is 37.0 Å². The lowest BCUT2D eigenvalue weighted by Crippen LogP contribution is -2.51. The highest BCUT2D eigenvalue weighted by molar-refractivity contribution is 9.10. The molecule has 4 rings (SSSR count). The molecule has 3 aromatic carbocycles. The third kappa shape index (κ3) is 5.82. The third-order valence-electron chi connectivity index (χ3n) is 5.70. The highest BCUT2D eigenvalue weighted by Gasteiger charge is 2.30. The van der Waals surface area contributed by atoms with Crippen molar-refractivity contribution in [2.24, 2.45) is 0 Å². The number of benzene rings is 3. The summed E-state index contributed by atoms with van der Waals surface area (Å²) in [7, 11) is -3.89. The normalized spacial score (nSPS) is 14.8. The molecule has 3 aromatic rings. The summed E-state index contributed by atoms with van der Waals surface area (Å²) in [5.41, 5.74) is 1.70. The monoisotopic (exact) mass is 527 g/mol. The minimum Gasteiger partial charge on any atom is -0.339 e. The molecule has 0 atom stereocenters. The smallest absolute Gasteiger partial charge is 0.264 e. The largest absolute Gasteiger partial charge is 0.339 e. The van der Waals surface area contributed by atoms with E-state index in [0.717, 1.165) is 24.1 Å². The maximum absolute atomic E-state index is 13.4. The molecule has 1 heterocycles. The summed E-state index contributed by atoms with van der Waals surface area (Å²) < 4.78 is 28.9. The lowest BCUT2D eigenvalue weighted by molar-refractivity contribution is -0.131. The van der Waals surface area contributed by atoms with E-state index in [9.17, 15) is 13.2 Å². The van der Waals surface area contributed by atoms with Gasteiger partial charge in [0.05, 0.1) is 10.6 Å². The zero-order valence-electron chi connectivity index (χ0n) is 18.2. The van der Waals surface area contributed by atoms with Crippen molar-refractivity contribution in [2.45, 2.75) is 11.4 Å². The molecule has 0 aromatic heterocycles. The van der Waals surface area contributed by atoms with E-state index < -0.39 is 10.0 Å². The lowest BCUT2D eigenvalue weighted by atomic mass is 10.2. The molecule has 0 radical (unpaired) electrons. The van der Waals surface area contributed by atoms with Crippen LogP contribution in [0.3, 0.4) is 0 Å². The Morgan fingerprint density at radius 2 is 1.39 bits per heavy atom. The number of rotatable bonds is 7. The Hall–Kier alpha value is -2.68. The third-order valence-corrected chi connectivity index (χ3v) is 8.02. The Kier molecular flexibility index (Phi) is 7.47. The van der Waals surface area contributed by atoms with Crippen molar-refractivity contribution in [3.05, 3.63) is 95.0 Å². The molecule has 1 fully saturated rings. The van der Waals surface area contributed by atoms with Crippen LogP contribution in [0, 0.1) is 0 Å². The Morgan fingerprint density at radius 3 is 2.00 bits per heavy atom. The van der Waals surface area contributed by atoms with Crippen LogP contribution < -0.4 is 4.31 Å². The van der Waals surface area contributed by atoms with Crippen LogP contribution in [0.1, 0.15) is 5.56 Å². The molecule has 1 aliphatic rings. The average molecular weight is 528 g/mol. The standard InChI is InChI=1S/C25H26BrN3O3S/c26-22-11-13-23(14-12-22)29(33(31,32)24-9-5-2-6-10-24)20-25(30)28-17-15-27(16-18-28)19-21-7-3-1-4-8-21/h1-14H,15-20H2. The van der Waals surface area contributed by atoms with Crippen LogP contribution in [0.4, 0.5) is 5.69 Å². The van der Waals surface area contributed by atoms with Crippen LogP contribution in [-0.2, 0) is 21.4 Å². The molecule has 8 heteroatoms. The van der Waals surface area contributed by atoms with E-state index in [2.05, 4.69) is 33.0 Å². The molecule has 6 nitrogen and oxygen atoms in total. The minimum absolute atomic E-state index is 0.161. The highest BCUT2D eigenvalue weighted by atomic mass is 79.9. The van der Waals surface area contributed by atoms with Crippen LogP contribution in [0.5, 0.6) is 0 Å². The molecular formula is C25H26BrN3O3S. The average Bonchev–Trinajstić information content (AvgIpc) is 2.85. The Balaban J connectivity index is 1.47. The lowest BCUT2D eigenvalue weighted by Gasteiger charge is -2.36. The van der Waals surface area contributed by atoms with Gasteiger partial charge in [0.2, 0.25) is 5.91 Å². The van der Waals surface area contributed by atoms with E-state index >= 15 is 0 Å². The van der Waals surface area contributed by atoms with Gasteiger partial charge in [-0.1, -0.05) is 64.5 Å². The van der Waals surface area contributed by atoms with E-state index in [-0.39, 0.29) is 17.3 Å². The van der Waals surface area contributed by atoms with Crippen molar-refractivity contribution in [3.63, 3.8) is 0 Å². The first-order valence-electron chi connectivity index (χ1n) is 10.8. The van der Waals surface area contributed by atoms with E-state index in [1.807, 2.05) is 18.2 Å². The molecule has 33 heavy (non-hydrogen) atoms. The summed E-state index contributed by atoms with van der Waals surface area (Å²) >= 11 is 3.38. The zero-order chi connectivity index (χ0) is 23.3. The molecule has 0 bridgehead atoms. The minimum atomic E-state index is -3.89. The zero-order valence-corrected chi connectivity index (χ0v) is 20.6. The van der Waals surface area contributed by atoms with Crippen LogP contribution >= 0.6 is 15.9 Å². The summed E-state index contributed by atoms with van der Waals surface area (Å²) in [6.45, 7) is 3.26. The van der Waals surface area contributed by atoms with Crippen LogP contribution in [-0.4, -0.2) is 56.8 Å². The van der Waals surface area contributed by atoms with Gasteiger partial charge in [0.15, 0.2) is 0 Å². The van der Waals surface area contributed by atoms with E-state index in [1.165, 1.54) is 9.87 Å². The van der Waals surface area contributed by atoms with Gasteiger partial charge in [-0.2, -0.15) is 0 Å². The van der Waals surface area contributed by atoms with Gasteiger partial charge >= 0.3 is 0 Å².